The number of fused-ring (bicyclic) bond motifs is 1. The molecule has 0 aliphatic carbocycles. The maximum atomic E-state index is 12.0. The van der Waals surface area contributed by atoms with Crippen molar-refractivity contribution in [2.24, 2.45) is 7.05 Å². The van der Waals surface area contributed by atoms with Gasteiger partial charge in [-0.05, 0) is 30.3 Å². The second-order valence-corrected chi connectivity index (χ2v) is 4.86. The number of benzene rings is 1. The second kappa shape index (κ2) is 6.26. The zero-order valence-corrected chi connectivity index (χ0v) is 12.2. The highest BCUT2D eigenvalue weighted by Crippen LogP contribution is 2.17. The number of hydrogen-bond donors (Lipinski definition) is 1. The van der Waals surface area contributed by atoms with E-state index in [4.69, 9.17) is 4.74 Å². The number of nitrogens with one attached hydrogen (secondary N) is 1. The molecule has 0 saturated carbocycles. The lowest BCUT2D eigenvalue weighted by Crippen LogP contribution is -2.14. The van der Waals surface area contributed by atoms with Crippen LogP contribution >= 0.6 is 0 Å². The van der Waals surface area contributed by atoms with Crippen LogP contribution in [0.2, 0.25) is 0 Å². The third kappa shape index (κ3) is 3.06. The first kappa shape index (κ1) is 14.1. The van der Waals surface area contributed by atoms with Crippen LogP contribution in [-0.2, 0) is 11.8 Å². The van der Waals surface area contributed by atoms with E-state index in [1.165, 1.54) is 6.33 Å². The van der Waals surface area contributed by atoms with Crippen LogP contribution in [0.1, 0.15) is 10.4 Å². The molecular formula is C16H16N4O2. The summed E-state index contributed by atoms with van der Waals surface area (Å²) in [7, 11) is 1.97. The number of carbonyl (C=O) groups is 1. The largest absolute Gasteiger partial charge is 0.460 e. The molecule has 2 heterocycles. The van der Waals surface area contributed by atoms with Gasteiger partial charge in [0, 0.05) is 30.3 Å². The Kier molecular flexibility index (Phi) is 4.00. The molecule has 112 valence electrons. The first-order valence-electron chi connectivity index (χ1n) is 6.96. The first-order valence-corrected chi connectivity index (χ1v) is 6.96. The van der Waals surface area contributed by atoms with Crippen LogP contribution < -0.4 is 5.32 Å². The van der Waals surface area contributed by atoms with Gasteiger partial charge in [-0.2, -0.15) is 0 Å². The zero-order chi connectivity index (χ0) is 15.4. The molecule has 3 rings (SSSR count). The molecule has 6 heteroatoms. The number of hydrogen-bond acceptors (Lipinski definition) is 5. The fourth-order valence-electron chi connectivity index (χ4n) is 2.21. The van der Waals surface area contributed by atoms with Gasteiger partial charge in [-0.25, -0.2) is 14.8 Å². The van der Waals surface area contributed by atoms with Crippen LogP contribution in [0.3, 0.4) is 0 Å². The van der Waals surface area contributed by atoms with E-state index in [1.807, 2.05) is 36.0 Å². The molecular weight excluding hydrogens is 280 g/mol. The molecule has 6 nitrogen and oxygen atoms in total. The Morgan fingerprint density at radius 3 is 3.05 bits per heavy atom. The lowest BCUT2D eigenvalue weighted by Gasteiger charge is -2.07. The minimum Gasteiger partial charge on any atom is -0.460 e. The standard InChI is InChI=1S/C16H16N4O2/c1-20-8-5-12-10-13(2-3-14(12)20)16(21)22-9-7-18-15-4-6-17-11-19-15/h2-6,8,10-11H,7,9H2,1H3,(H,17,18,19). The smallest absolute Gasteiger partial charge is 0.338 e. The molecule has 1 N–H and O–H groups in total. The third-order valence-electron chi connectivity index (χ3n) is 3.34. The number of esters is 1. The van der Waals surface area contributed by atoms with E-state index in [0.29, 0.717) is 17.9 Å². The Bertz CT molecular complexity index is 783. The summed E-state index contributed by atoms with van der Waals surface area (Å²) in [5, 5.41) is 4.08. The molecule has 0 aliphatic heterocycles. The molecule has 3 aromatic rings. The highest BCUT2D eigenvalue weighted by Gasteiger charge is 2.08. The highest BCUT2D eigenvalue weighted by atomic mass is 16.5. The van der Waals surface area contributed by atoms with Crippen molar-refractivity contribution in [2.75, 3.05) is 18.5 Å². The van der Waals surface area contributed by atoms with Gasteiger partial charge in [0.2, 0.25) is 0 Å². The predicted octanol–water partition coefficient (Wildman–Crippen LogP) is 2.24. The van der Waals surface area contributed by atoms with E-state index in [-0.39, 0.29) is 12.6 Å². The summed E-state index contributed by atoms with van der Waals surface area (Å²) in [6.07, 6.45) is 5.07. The number of nitrogens with zero attached hydrogens (tertiary/aromatic N) is 3. The fraction of sp³-hybridized carbons (Fsp3) is 0.188. The van der Waals surface area contributed by atoms with Crippen molar-refractivity contribution >= 4 is 22.7 Å². The fourth-order valence-corrected chi connectivity index (χ4v) is 2.21. The van der Waals surface area contributed by atoms with Gasteiger partial charge >= 0.3 is 5.97 Å². The van der Waals surface area contributed by atoms with E-state index < -0.39 is 0 Å². The number of anilines is 1. The predicted molar refractivity (Wildman–Crippen MR) is 83.7 cm³/mol. The highest BCUT2D eigenvalue weighted by molar-refractivity contribution is 5.94. The molecule has 0 aliphatic rings. The van der Waals surface area contributed by atoms with Gasteiger partial charge in [-0.3, -0.25) is 0 Å². The molecule has 0 saturated heterocycles. The average Bonchev–Trinajstić information content (AvgIpc) is 2.93. The van der Waals surface area contributed by atoms with Crippen LogP contribution in [0.25, 0.3) is 10.9 Å². The van der Waals surface area contributed by atoms with E-state index in [9.17, 15) is 4.79 Å². The second-order valence-electron chi connectivity index (χ2n) is 4.86. The Balaban J connectivity index is 1.54. The average molecular weight is 296 g/mol. The Morgan fingerprint density at radius 2 is 2.23 bits per heavy atom. The van der Waals surface area contributed by atoms with Crippen LogP contribution in [0.15, 0.2) is 49.1 Å². The van der Waals surface area contributed by atoms with E-state index >= 15 is 0 Å². The number of aryl methyl sites for hydroxylation is 1. The van der Waals surface area contributed by atoms with Gasteiger partial charge in [0.15, 0.2) is 0 Å². The summed E-state index contributed by atoms with van der Waals surface area (Å²) in [5.74, 6) is 0.381. The summed E-state index contributed by atoms with van der Waals surface area (Å²) in [5.41, 5.74) is 1.64. The number of ether oxygens (including phenoxy) is 1. The van der Waals surface area contributed by atoms with Gasteiger partial charge in [0.1, 0.15) is 18.8 Å². The van der Waals surface area contributed by atoms with Crippen molar-refractivity contribution in [3.63, 3.8) is 0 Å². The van der Waals surface area contributed by atoms with Gasteiger partial charge < -0.3 is 14.6 Å². The zero-order valence-electron chi connectivity index (χ0n) is 12.2. The first-order chi connectivity index (χ1) is 10.7. The molecule has 0 bridgehead atoms. The lowest BCUT2D eigenvalue weighted by atomic mass is 10.1. The van der Waals surface area contributed by atoms with Crippen LogP contribution in [0.5, 0.6) is 0 Å². The van der Waals surface area contributed by atoms with Gasteiger partial charge in [0.25, 0.3) is 0 Å². The lowest BCUT2D eigenvalue weighted by molar-refractivity contribution is 0.0521. The van der Waals surface area contributed by atoms with Crippen molar-refractivity contribution < 1.29 is 9.53 Å². The summed E-state index contributed by atoms with van der Waals surface area (Å²) in [4.78, 5) is 19.9. The van der Waals surface area contributed by atoms with Crippen molar-refractivity contribution in [3.05, 3.63) is 54.6 Å². The number of aromatic nitrogens is 3. The van der Waals surface area contributed by atoms with E-state index in [1.54, 1.807) is 18.3 Å². The Labute approximate surface area is 127 Å². The van der Waals surface area contributed by atoms with Crippen LogP contribution in [0, 0.1) is 0 Å². The minimum atomic E-state index is -0.324. The summed E-state index contributed by atoms with van der Waals surface area (Å²) in [6.45, 7) is 0.770. The summed E-state index contributed by atoms with van der Waals surface area (Å²) >= 11 is 0. The molecule has 0 unspecified atom stereocenters. The number of rotatable bonds is 5. The maximum Gasteiger partial charge on any atom is 0.338 e. The molecule has 0 spiro atoms. The minimum absolute atomic E-state index is 0.273. The van der Waals surface area contributed by atoms with Crippen LogP contribution in [0.4, 0.5) is 5.82 Å². The molecule has 0 fully saturated rings. The molecule has 0 atom stereocenters. The van der Waals surface area contributed by atoms with Crippen molar-refractivity contribution in [2.45, 2.75) is 0 Å². The Morgan fingerprint density at radius 1 is 1.32 bits per heavy atom. The van der Waals surface area contributed by atoms with E-state index in [2.05, 4.69) is 15.3 Å². The molecule has 0 radical (unpaired) electrons. The molecule has 22 heavy (non-hydrogen) atoms. The SMILES string of the molecule is Cn1ccc2cc(C(=O)OCCNc3ccncn3)ccc21. The summed E-state index contributed by atoms with van der Waals surface area (Å²) in [6, 6.07) is 9.27. The molecule has 0 amide bonds. The van der Waals surface area contributed by atoms with Gasteiger partial charge in [-0.1, -0.05) is 0 Å². The topological polar surface area (TPSA) is 69.0 Å². The maximum absolute atomic E-state index is 12.0. The molecule has 2 aromatic heterocycles. The van der Waals surface area contributed by atoms with E-state index in [0.717, 1.165) is 10.9 Å². The summed E-state index contributed by atoms with van der Waals surface area (Å²) < 4.78 is 7.26. The normalized spacial score (nSPS) is 10.6. The quantitative estimate of drug-likeness (QED) is 0.577. The molecule has 1 aromatic carbocycles. The van der Waals surface area contributed by atoms with Crippen molar-refractivity contribution in [1.29, 1.82) is 0 Å². The van der Waals surface area contributed by atoms with Gasteiger partial charge in [-0.15, -0.1) is 0 Å². The van der Waals surface area contributed by atoms with Gasteiger partial charge in [0.05, 0.1) is 12.1 Å². The monoisotopic (exact) mass is 296 g/mol. The Hall–Kier alpha value is -2.89. The van der Waals surface area contributed by atoms with Crippen LogP contribution in [-0.4, -0.2) is 33.7 Å². The van der Waals surface area contributed by atoms with Crippen molar-refractivity contribution in [1.82, 2.24) is 14.5 Å². The third-order valence-corrected chi connectivity index (χ3v) is 3.34. The van der Waals surface area contributed by atoms with Crippen molar-refractivity contribution in [3.8, 4) is 0 Å². The number of carbonyl (C=O) groups excluding carboxylic acids is 1.